The highest BCUT2D eigenvalue weighted by molar-refractivity contribution is 7.94. The highest BCUT2D eigenvalue weighted by atomic mass is 32.2. The first kappa shape index (κ1) is 13.7. The predicted molar refractivity (Wildman–Crippen MR) is 81.1 cm³/mol. The van der Waals surface area contributed by atoms with Crippen LogP contribution in [0.1, 0.15) is 18.9 Å². The largest absolute Gasteiger partial charge is 0.606 e. The first-order chi connectivity index (χ1) is 9.31. The Morgan fingerprint density at radius 3 is 2.21 bits per heavy atom. The summed E-state index contributed by atoms with van der Waals surface area (Å²) in [4.78, 5) is 0.804. The van der Waals surface area contributed by atoms with E-state index in [-0.39, 0.29) is 0 Å². The normalized spacial score (nSPS) is 11.5. The Balaban J connectivity index is 2.26. The molecule has 0 N–H and O–H groups in total. The van der Waals surface area contributed by atoms with Gasteiger partial charge in [0.2, 0.25) is 0 Å². The third-order valence-corrected chi connectivity index (χ3v) is 3.86. The maximum absolute atomic E-state index is 12.1. The van der Waals surface area contributed by atoms with E-state index in [2.05, 4.69) is 12.7 Å². The van der Waals surface area contributed by atoms with Crippen molar-refractivity contribution in [2.45, 2.75) is 18.2 Å². The van der Waals surface area contributed by atoms with Gasteiger partial charge in [-0.05, 0) is 24.1 Å². The summed E-state index contributed by atoms with van der Waals surface area (Å²) in [5.41, 5.74) is 5.38. The van der Waals surface area contributed by atoms with E-state index in [1.165, 1.54) is 0 Å². The Bertz CT molecular complexity index is 569. The summed E-state index contributed by atoms with van der Waals surface area (Å²) < 4.78 is 12.1. The summed E-state index contributed by atoms with van der Waals surface area (Å²) in [6.45, 7) is 2.08. The van der Waals surface area contributed by atoms with E-state index in [0.717, 1.165) is 22.5 Å². The standard InChI is InChI=1S/C17H16OS/c1-2-15(16-9-5-3-6-10-16)13-14-19(18)17-11-7-4-8-12-17/h3-12,14H,2H2,1H3. The Morgan fingerprint density at radius 1 is 1.05 bits per heavy atom. The van der Waals surface area contributed by atoms with E-state index in [9.17, 15) is 4.55 Å². The van der Waals surface area contributed by atoms with Gasteiger partial charge in [-0.1, -0.05) is 61.2 Å². The molecule has 0 aliphatic rings. The van der Waals surface area contributed by atoms with Gasteiger partial charge in [-0.2, -0.15) is 0 Å². The van der Waals surface area contributed by atoms with Crippen LogP contribution in [-0.4, -0.2) is 4.55 Å². The van der Waals surface area contributed by atoms with Gasteiger partial charge in [0, 0.05) is 16.7 Å². The molecule has 0 aliphatic heterocycles. The Kier molecular flexibility index (Phi) is 5.05. The first-order valence-electron chi connectivity index (χ1n) is 6.28. The number of benzene rings is 2. The highest BCUT2D eigenvalue weighted by Gasteiger charge is 2.05. The lowest BCUT2D eigenvalue weighted by atomic mass is 10.1. The Hall–Kier alpha value is -1.73. The molecule has 96 valence electrons. The van der Waals surface area contributed by atoms with Crippen molar-refractivity contribution in [1.29, 1.82) is 0 Å². The van der Waals surface area contributed by atoms with Crippen molar-refractivity contribution < 1.29 is 4.55 Å². The lowest BCUT2D eigenvalue weighted by Gasteiger charge is -2.03. The molecule has 2 aromatic rings. The van der Waals surface area contributed by atoms with Crippen molar-refractivity contribution in [2.75, 3.05) is 0 Å². The topological polar surface area (TPSA) is 23.1 Å². The lowest BCUT2D eigenvalue weighted by molar-refractivity contribution is 0.603. The third kappa shape index (κ3) is 3.87. The second-order valence-electron chi connectivity index (χ2n) is 4.07. The minimum Gasteiger partial charge on any atom is -0.606 e. The van der Waals surface area contributed by atoms with E-state index in [0.29, 0.717) is 0 Å². The summed E-state index contributed by atoms with van der Waals surface area (Å²) in [6.07, 6.45) is 0.868. The molecule has 1 atom stereocenters. The van der Waals surface area contributed by atoms with Gasteiger partial charge in [-0.15, -0.1) is 0 Å². The molecule has 2 aromatic carbocycles. The first-order valence-corrected chi connectivity index (χ1v) is 7.49. The molecule has 0 saturated heterocycles. The maximum Gasteiger partial charge on any atom is 0.165 e. The van der Waals surface area contributed by atoms with Crippen molar-refractivity contribution in [1.82, 2.24) is 0 Å². The summed E-state index contributed by atoms with van der Waals surface area (Å²) in [6, 6.07) is 19.5. The molecule has 0 aliphatic carbocycles. The SMILES string of the molecule is CCC(=C=C[S+]([O-])c1ccccc1)c1ccccc1. The summed E-state index contributed by atoms with van der Waals surface area (Å²) in [7, 11) is 0. The van der Waals surface area contributed by atoms with Crippen LogP contribution in [0.2, 0.25) is 0 Å². The van der Waals surface area contributed by atoms with Crippen LogP contribution < -0.4 is 0 Å². The van der Waals surface area contributed by atoms with Crippen LogP contribution in [0, 0.1) is 0 Å². The molecule has 0 radical (unpaired) electrons. The number of hydrogen-bond acceptors (Lipinski definition) is 1. The molecule has 1 nitrogen and oxygen atoms in total. The summed E-state index contributed by atoms with van der Waals surface area (Å²) >= 11 is -1.14. The number of rotatable bonds is 4. The monoisotopic (exact) mass is 268 g/mol. The van der Waals surface area contributed by atoms with Gasteiger partial charge in [0.15, 0.2) is 10.3 Å². The van der Waals surface area contributed by atoms with Gasteiger partial charge in [0.25, 0.3) is 0 Å². The molecule has 0 heterocycles. The summed E-state index contributed by atoms with van der Waals surface area (Å²) in [5, 5.41) is 1.64. The Labute approximate surface area is 117 Å². The smallest absolute Gasteiger partial charge is 0.165 e. The Morgan fingerprint density at radius 2 is 1.63 bits per heavy atom. The fraction of sp³-hybridized carbons (Fsp3) is 0.118. The minimum absolute atomic E-state index is 0.804. The van der Waals surface area contributed by atoms with E-state index in [1.54, 1.807) is 5.41 Å². The molecule has 2 rings (SSSR count). The second-order valence-corrected chi connectivity index (χ2v) is 5.37. The zero-order valence-corrected chi connectivity index (χ0v) is 11.7. The molecule has 0 fully saturated rings. The fourth-order valence-corrected chi connectivity index (χ4v) is 2.59. The zero-order valence-electron chi connectivity index (χ0n) is 10.9. The lowest BCUT2D eigenvalue weighted by Crippen LogP contribution is -1.94. The minimum atomic E-state index is -1.14. The highest BCUT2D eigenvalue weighted by Crippen LogP contribution is 2.17. The van der Waals surface area contributed by atoms with Crippen molar-refractivity contribution >= 4 is 16.7 Å². The van der Waals surface area contributed by atoms with Gasteiger partial charge in [-0.25, -0.2) is 0 Å². The molecule has 2 heteroatoms. The molecule has 0 spiro atoms. The van der Waals surface area contributed by atoms with Crippen molar-refractivity contribution in [3.63, 3.8) is 0 Å². The van der Waals surface area contributed by atoms with Crippen LogP contribution in [0.15, 0.2) is 76.7 Å². The molecule has 1 unspecified atom stereocenters. The van der Waals surface area contributed by atoms with E-state index >= 15 is 0 Å². The van der Waals surface area contributed by atoms with E-state index < -0.39 is 11.2 Å². The van der Waals surface area contributed by atoms with Gasteiger partial charge in [0.1, 0.15) is 0 Å². The average molecular weight is 268 g/mol. The van der Waals surface area contributed by atoms with Crippen LogP contribution in [0.3, 0.4) is 0 Å². The fourth-order valence-electron chi connectivity index (χ4n) is 1.78. The second kappa shape index (κ2) is 7.01. The maximum atomic E-state index is 12.1. The molecule has 0 saturated carbocycles. The number of allylic oxidation sites excluding steroid dienone is 1. The summed E-state index contributed by atoms with van der Waals surface area (Å²) in [5.74, 6) is 0. The predicted octanol–water partition coefficient (Wildman–Crippen LogP) is 4.40. The van der Waals surface area contributed by atoms with Crippen LogP contribution in [0.4, 0.5) is 0 Å². The van der Waals surface area contributed by atoms with E-state index in [4.69, 9.17) is 0 Å². The van der Waals surface area contributed by atoms with Gasteiger partial charge in [-0.3, -0.25) is 0 Å². The van der Waals surface area contributed by atoms with Crippen molar-refractivity contribution in [2.24, 2.45) is 0 Å². The zero-order chi connectivity index (χ0) is 13.5. The van der Waals surface area contributed by atoms with Crippen molar-refractivity contribution in [3.05, 3.63) is 77.4 Å². The molecule has 19 heavy (non-hydrogen) atoms. The van der Waals surface area contributed by atoms with Gasteiger partial charge in [0.05, 0.1) is 0 Å². The van der Waals surface area contributed by atoms with Gasteiger partial charge < -0.3 is 4.55 Å². The number of hydrogen-bond donors (Lipinski definition) is 0. The average Bonchev–Trinajstić information content (AvgIpc) is 2.49. The molecular weight excluding hydrogens is 252 g/mol. The van der Waals surface area contributed by atoms with Crippen LogP contribution >= 0.6 is 0 Å². The molecule has 0 amide bonds. The van der Waals surface area contributed by atoms with Gasteiger partial charge >= 0.3 is 0 Å². The molecule has 0 aromatic heterocycles. The molecule has 0 bridgehead atoms. The van der Waals surface area contributed by atoms with Crippen LogP contribution in [-0.2, 0) is 11.2 Å². The van der Waals surface area contributed by atoms with Crippen LogP contribution in [0.5, 0.6) is 0 Å². The quantitative estimate of drug-likeness (QED) is 0.595. The van der Waals surface area contributed by atoms with Crippen molar-refractivity contribution in [3.8, 4) is 0 Å². The van der Waals surface area contributed by atoms with E-state index in [1.807, 2.05) is 60.7 Å². The van der Waals surface area contributed by atoms with Crippen LogP contribution in [0.25, 0.3) is 5.57 Å². The third-order valence-electron chi connectivity index (χ3n) is 2.79. The molecular formula is C17H16OS.